The van der Waals surface area contributed by atoms with Gasteiger partial charge in [-0.15, -0.1) is 0 Å². The number of methoxy groups -OCH3 is 1. The molecule has 2 aromatic rings. The van der Waals surface area contributed by atoms with Gasteiger partial charge >= 0.3 is 0 Å². The fourth-order valence-electron chi connectivity index (χ4n) is 1.88. The average Bonchev–Trinajstić information content (AvgIpc) is 2.46. The minimum Gasteiger partial charge on any atom is -0.495 e. The molecule has 2 rings (SSSR count). The van der Waals surface area contributed by atoms with Crippen molar-refractivity contribution in [3.05, 3.63) is 53.3 Å². The van der Waals surface area contributed by atoms with Crippen molar-refractivity contribution >= 4 is 11.6 Å². The molecule has 0 aliphatic heterocycles. The third kappa shape index (κ3) is 2.88. The summed E-state index contributed by atoms with van der Waals surface area (Å²) in [6, 6.07) is 8.93. The Hall–Kier alpha value is -2.56. The van der Waals surface area contributed by atoms with E-state index in [0.29, 0.717) is 23.5 Å². The molecule has 0 saturated carbocycles. The van der Waals surface area contributed by atoms with Gasteiger partial charge in [0.15, 0.2) is 0 Å². The number of pyridine rings is 1. The lowest BCUT2D eigenvalue weighted by molar-refractivity contribution is 0.0951. The highest BCUT2D eigenvalue weighted by Gasteiger charge is 2.13. The number of hydrogen-bond donors (Lipinski definition) is 2. The standard InChI is InChI=1S/C15H17N3O2/c1-10-5-4-8-17-12(10)9-18-15(19)11-6-3-7-13(20-2)14(11)16/h3-8H,9,16H2,1-2H3,(H,18,19). The van der Waals surface area contributed by atoms with Crippen molar-refractivity contribution in [2.75, 3.05) is 12.8 Å². The van der Waals surface area contributed by atoms with Gasteiger partial charge in [-0.3, -0.25) is 9.78 Å². The monoisotopic (exact) mass is 271 g/mol. The van der Waals surface area contributed by atoms with E-state index >= 15 is 0 Å². The Bertz CT molecular complexity index is 626. The van der Waals surface area contributed by atoms with E-state index in [1.165, 1.54) is 7.11 Å². The lowest BCUT2D eigenvalue weighted by Gasteiger charge is -2.11. The molecule has 104 valence electrons. The molecule has 20 heavy (non-hydrogen) atoms. The molecule has 0 radical (unpaired) electrons. The fourth-order valence-corrected chi connectivity index (χ4v) is 1.88. The number of nitrogens with one attached hydrogen (secondary N) is 1. The van der Waals surface area contributed by atoms with Crippen LogP contribution < -0.4 is 15.8 Å². The quantitative estimate of drug-likeness (QED) is 0.833. The molecule has 3 N–H and O–H groups in total. The highest BCUT2D eigenvalue weighted by molar-refractivity contribution is 6.00. The van der Waals surface area contributed by atoms with Gasteiger partial charge in [-0.25, -0.2) is 0 Å². The summed E-state index contributed by atoms with van der Waals surface area (Å²) in [6.07, 6.45) is 1.70. The molecular weight excluding hydrogens is 254 g/mol. The van der Waals surface area contributed by atoms with Crippen LogP contribution in [0.3, 0.4) is 0 Å². The van der Waals surface area contributed by atoms with Crippen LogP contribution in [-0.2, 0) is 6.54 Å². The van der Waals surface area contributed by atoms with Crippen LogP contribution in [-0.4, -0.2) is 18.0 Å². The summed E-state index contributed by atoms with van der Waals surface area (Å²) < 4.78 is 5.10. The van der Waals surface area contributed by atoms with Gasteiger partial charge in [0.2, 0.25) is 0 Å². The number of nitrogens with zero attached hydrogens (tertiary/aromatic N) is 1. The van der Waals surface area contributed by atoms with Gasteiger partial charge in [0.1, 0.15) is 5.75 Å². The molecule has 0 aliphatic rings. The predicted octanol–water partition coefficient (Wildman–Crippen LogP) is 1.91. The van der Waals surface area contributed by atoms with Crippen molar-refractivity contribution in [2.45, 2.75) is 13.5 Å². The van der Waals surface area contributed by atoms with Gasteiger partial charge in [0.25, 0.3) is 5.91 Å². The lowest BCUT2D eigenvalue weighted by Crippen LogP contribution is -2.24. The van der Waals surface area contributed by atoms with E-state index in [-0.39, 0.29) is 5.91 Å². The maximum Gasteiger partial charge on any atom is 0.253 e. The second-order valence-corrected chi connectivity index (χ2v) is 4.37. The number of rotatable bonds is 4. The van der Waals surface area contributed by atoms with E-state index in [9.17, 15) is 4.79 Å². The second-order valence-electron chi connectivity index (χ2n) is 4.37. The van der Waals surface area contributed by atoms with E-state index in [4.69, 9.17) is 10.5 Å². The van der Waals surface area contributed by atoms with Crippen LogP contribution in [0.4, 0.5) is 5.69 Å². The first-order valence-electron chi connectivity index (χ1n) is 6.24. The van der Waals surface area contributed by atoms with Crippen LogP contribution in [0.25, 0.3) is 0 Å². The molecule has 0 fully saturated rings. The SMILES string of the molecule is COc1cccc(C(=O)NCc2ncccc2C)c1N. The number of aryl methyl sites for hydroxylation is 1. The summed E-state index contributed by atoms with van der Waals surface area (Å²) in [4.78, 5) is 16.4. The third-order valence-electron chi connectivity index (χ3n) is 3.06. The molecule has 1 aromatic heterocycles. The Morgan fingerprint density at radius 3 is 2.85 bits per heavy atom. The van der Waals surface area contributed by atoms with Crippen LogP contribution in [0.1, 0.15) is 21.6 Å². The first-order chi connectivity index (χ1) is 9.63. The van der Waals surface area contributed by atoms with Gasteiger partial charge in [-0.05, 0) is 30.7 Å². The molecule has 0 bridgehead atoms. The number of carbonyl (C=O) groups excluding carboxylic acids is 1. The van der Waals surface area contributed by atoms with Crippen LogP contribution >= 0.6 is 0 Å². The van der Waals surface area contributed by atoms with Crippen molar-refractivity contribution in [2.24, 2.45) is 0 Å². The molecule has 0 unspecified atom stereocenters. The van der Waals surface area contributed by atoms with E-state index in [0.717, 1.165) is 11.3 Å². The molecule has 5 nitrogen and oxygen atoms in total. The molecule has 1 heterocycles. The number of nitrogen functional groups attached to an aromatic ring is 1. The molecule has 0 aliphatic carbocycles. The average molecular weight is 271 g/mol. The van der Waals surface area contributed by atoms with Crippen LogP contribution in [0.5, 0.6) is 5.75 Å². The van der Waals surface area contributed by atoms with Crippen LogP contribution in [0.15, 0.2) is 36.5 Å². The number of para-hydroxylation sites is 1. The summed E-state index contributed by atoms with van der Waals surface area (Å²) in [5.41, 5.74) is 8.50. The Morgan fingerprint density at radius 2 is 2.15 bits per heavy atom. The minimum atomic E-state index is -0.244. The molecule has 1 amide bonds. The first kappa shape index (κ1) is 13.9. The van der Waals surface area contributed by atoms with E-state index in [1.807, 2.05) is 19.1 Å². The van der Waals surface area contributed by atoms with Gasteiger partial charge in [-0.2, -0.15) is 0 Å². The van der Waals surface area contributed by atoms with Crippen molar-refractivity contribution in [1.82, 2.24) is 10.3 Å². The summed E-state index contributed by atoms with van der Waals surface area (Å²) in [5.74, 6) is 0.248. The summed E-state index contributed by atoms with van der Waals surface area (Å²) in [6.45, 7) is 2.32. The van der Waals surface area contributed by atoms with Crippen molar-refractivity contribution < 1.29 is 9.53 Å². The maximum atomic E-state index is 12.1. The summed E-state index contributed by atoms with van der Waals surface area (Å²) in [7, 11) is 1.52. The van der Waals surface area contributed by atoms with Crippen molar-refractivity contribution in [1.29, 1.82) is 0 Å². The second kappa shape index (κ2) is 6.06. The Kier molecular flexibility index (Phi) is 4.20. The van der Waals surface area contributed by atoms with Gasteiger partial charge in [0.05, 0.1) is 30.6 Å². The summed E-state index contributed by atoms with van der Waals surface area (Å²) in [5, 5.41) is 2.81. The fraction of sp³-hybridized carbons (Fsp3) is 0.200. The molecule has 0 saturated heterocycles. The number of hydrogen-bond acceptors (Lipinski definition) is 4. The Morgan fingerprint density at radius 1 is 1.35 bits per heavy atom. The number of carbonyl (C=O) groups is 1. The first-order valence-corrected chi connectivity index (χ1v) is 6.24. The van der Waals surface area contributed by atoms with Crippen LogP contribution in [0, 0.1) is 6.92 Å². The topological polar surface area (TPSA) is 77.2 Å². The van der Waals surface area contributed by atoms with Gasteiger partial charge < -0.3 is 15.8 Å². The largest absolute Gasteiger partial charge is 0.495 e. The molecule has 0 atom stereocenters. The summed E-state index contributed by atoms with van der Waals surface area (Å²) >= 11 is 0. The number of ether oxygens (including phenoxy) is 1. The number of benzene rings is 1. The Balaban J connectivity index is 2.12. The van der Waals surface area contributed by atoms with E-state index in [1.54, 1.807) is 24.4 Å². The zero-order valence-corrected chi connectivity index (χ0v) is 11.5. The number of aromatic nitrogens is 1. The minimum absolute atomic E-state index is 0.244. The number of anilines is 1. The highest BCUT2D eigenvalue weighted by Crippen LogP contribution is 2.24. The lowest BCUT2D eigenvalue weighted by atomic mass is 10.1. The number of nitrogens with two attached hydrogens (primary N) is 1. The van der Waals surface area contributed by atoms with Gasteiger partial charge in [-0.1, -0.05) is 12.1 Å². The van der Waals surface area contributed by atoms with E-state index < -0.39 is 0 Å². The highest BCUT2D eigenvalue weighted by atomic mass is 16.5. The zero-order valence-electron chi connectivity index (χ0n) is 11.5. The maximum absolute atomic E-state index is 12.1. The van der Waals surface area contributed by atoms with Crippen molar-refractivity contribution in [3.63, 3.8) is 0 Å². The third-order valence-corrected chi connectivity index (χ3v) is 3.06. The molecule has 0 spiro atoms. The predicted molar refractivity (Wildman–Crippen MR) is 77.6 cm³/mol. The van der Waals surface area contributed by atoms with Crippen molar-refractivity contribution in [3.8, 4) is 5.75 Å². The normalized spacial score (nSPS) is 10.1. The molecule has 5 heteroatoms. The molecular formula is C15H17N3O2. The number of amides is 1. The smallest absolute Gasteiger partial charge is 0.253 e. The van der Waals surface area contributed by atoms with Crippen LogP contribution in [0.2, 0.25) is 0 Å². The Labute approximate surface area is 117 Å². The van der Waals surface area contributed by atoms with Gasteiger partial charge in [0, 0.05) is 6.20 Å². The van der Waals surface area contributed by atoms with E-state index in [2.05, 4.69) is 10.3 Å². The molecule has 1 aromatic carbocycles. The zero-order chi connectivity index (χ0) is 14.5.